The van der Waals surface area contributed by atoms with Gasteiger partial charge in [0.05, 0.1) is 5.41 Å². The SMILES string of the molecule is CCCC(Cc1ccccc1)NCC(CC)(CC)C(=O)O. The fourth-order valence-corrected chi connectivity index (χ4v) is 2.74. The molecule has 0 aromatic heterocycles. The van der Waals surface area contributed by atoms with Gasteiger partial charge in [-0.05, 0) is 31.2 Å². The van der Waals surface area contributed by atoms with E-state index in [-0.39, 0.29) is 0 Å². The van der Waals surface area contributed by atoms with Gasteiger partial charge in [-0.2, -0.15) is 0 Å². The highest BCUT2D eigenvalue weighted by Gasteiger charge is 2.34. The standard InChI is InChI=1S/C18H29NO2/c1-4-10-16(13-15-11-8-7-9-12-15)19-14-18(5-2,6-3)17(20)21/h7-9,11-12,16,19H,4-6,10,13-14H2,1-3H3,(H,20,21). The van der Waals surface area contributed by atoms with Crippen molar-refractivity contribution in [3.63, 3.8) is 0 Å². The Labute approximate surface area is 128 Å². The summed E-state index contributed by atoms with van der Waals surface area (Å²) < 4.78 is 0. The molecule has 118 valence electrons. The third-order valence-corrected chi connectivity index (χ3v) is 4.50. The van der Waals surface area contributed by atoms with E-state index in [2.05, 4.69) is 36.5 Å². The molecule has 0 saturated heterocycles. The lowest BCUT2D eigenvalue weighted by Crippen LogP contribution is -2.44. The highest BCUT2D eigenvalue weighted by Crippen LogP contribution is 2.26. The fourth-order valence-electron chi connectivity index (χ4n) is 2.74. The maximum absolute atomic E-state index is 11.6. The van der Waals surface area contributed by atoms with E-state index in [0.29, 0.717) is 25.4 Å². The molecule has 1 aromatic rings. The van der Waals surface area contributed by atoms with Crippen LogP contribution in [0.15, 0.2) is 30.3 Å². The molecule has 0 radical (unpaired) electrons. The van der Waals surface area contributed by atoms with Crippen LogP contribution in [0.4, 0.5) is 0 Å². The van der Waals surface area contributed by atoms with Crippen molar-refractivity contribution in [1.82, 2.24) is 5.32 Å². The summed E-state index contributed by atoms with van der Waals surface area (Å²) in [6, 6.07) is 10.7. The Bertz CT molecular complexity index is 412. The maximum Gasteiger partial charge on any atom is 0.310 e. The zero-order valence-corrected chi connectivity index (χ0v) is 13.6. The molecule has 3 nitrogen and oxygen atoms in total. The number of hydrogen-bond acceptors (Lipinski definition) is 2. The van der Waals surface area contributed by atoms with Gasteiger partial charge >= 0.3 is 5.97 Å². The first-order valence-corrected chi connectivity index (χ1v) is 8.08. The van der Waals surface area contributed by atoms with Gasteiger partial charge in [0.1, 0.15) is 0 Å². The van der Waals surface area contributed by atoms with Crippen molar-refractivity contribution in [3.05, 3.63) is 35.9 Å². The molecule has 1 atom stereocenters. The predicted molar refractivity (Wildman–Crippen MR) is 87.5 cm³/mol. The molecule has 0 fully saturated rings. The molecular weight excluding hydrogens is 262 g/mol. The average Bonchev–Trinajstić information content (AvgIpc) is 2.49. The minimum absolute atomic E-state index is 0.342. The average molecular weight is 291 g/mol. The lowest BCUT2D eigenvalue weighted by atomic mass is 9.82. The molecule has 1 unspecified atom stereocenters. The van der Waals surface area contributed by atoms with Crippen molar-refractivity contribution in [2.24, 2.45) is 5.41 Å². The molecule has 0 aliphatic heterocycles. The molecule has 0 amide bonds. The summed E-state index contributed by atoms with van der Waals surface area (Å²) in [4.78, 5) is 11.6. The normalized spacial score (nSPS) is 13.1. The molecule has 1 aromatic carbocycles. The van der Waals surface area contributed by atoms with Crippen LogP contribution >= 0.6 is 0 Å². The zero-order chi connectivity index (χ0) is 15.7. The van der Waals surface area contributed by atoms with Gasteiger partial charge in [0, 0.05) is 12.6 Å². The number of carbonyl (C=O) groups is 1. The van der Waals surface area contributed by atoms with Crippen LogP contribution < -0.4 is 5.32 Å². The van der Waals surface area contributed by atoms with Crippen molar-refractivity contribution in [2.75, 3.05) is 6.54 Å². The van der Waals surface area contributed by atoms with Gasteiger partial charge in [-0.1, -0.05) is 57.5 Å². The molecule has 1 rings (SSSR count). The van der Waals surface area contributed by atoms with E-state index < -0.39 is 11.4 Å². The first kappa shape index (κ1) is 17.7. The monoisotopic (exact) mass is 291 g/mol. The summed E-state index contributed by atoms with van der Waals surface area (Å²) in [5, 5.41) is 13.0. The number of carboxylic acid groups (broad SMARTS) is 1. The number of aliphatic carboxylic acids is 1. The van der Waals surface area contributed by atoms with Crippen LogP contribution in [0.2, 0.25) is 0 Å². The van der Waals surface area contributed by atoms with Crippen LogP contribution in [-0.2, 0) is 11.2 Å². The Morgan fingerprint density at radius 3 is 2.29 bits per heavy atom. The summed E-state index contributed by atoms with van der Waals surface area (Å²) >= 11 is 0. The second-order valence-corrected chi connectivity index (χ2v) is 5.85. The Kier molecular flexibility index (Phi) is 7.44. The second-order valence-electron chi connectivity index (χ2n) is 5.85. The lowest BCUT2D eigenvalue weighted by Gasteiger charge is -2.30. The lowest BCUT2D eigenvalue weighted by molar-refractivity contribution is -0.149. The number of carboxylic acids is 1. The molecule has 2 N–H and O–H groups in total. The predicted octanol–water partition coefficient (Wildman–Crippen LogP) is 3.88. The van der Waals surface area contributed by atoms with Crippen molar-refractivity contribution in [3.8, 4) is 0 Å². The number of benzene rings is 1. The highest BCUT2D eigenvalue weighted by molar-refractivity contribution is 5.74. The van der Waals surface area contributed by atoms with Crippen molar-refractivity contribution >= 4 is 5.97 Å². The summed E-state index contributed by atoms with van der Waals surface area (Å²) in [6.07, 6.45) is 4.45. The van der Waals surface area contributed by atoms with Gasteiger partial charge in [-0.3, -0.25) is 4.79 Å². The van der Waals surface area contributed by atoms with E-state index in [1.54, 1.807) is 0 Å². The molecule has 0 aliphatic rings. The van der Waals surface area contributed by atoms with E-state index >= 15 is 0 Å². The topological polar surface area (TPSA) is 49.3 Å². The smallest absolute Gasteiger partial charge is 0.310 e. The second kappa shape index (κ2) is 8.83. The molecule has 3 heteroatoms. The molecule has 0 bridgehead atoms. The number of nitrogens with one attached hydrogen (secondary N) is 1. The van der Waals surface area contributed by atoms with Crippen LogP contribution in [0.25, 0.3) is 0 Å². The van der Waals surface area contributed by atoms with Crippen LogP contribution in [-0.4, -0.2) is 23.7 Å². The minimum atomic E-state index is -0.685. The summed E-state index contributed by atoms with van der Waals surface area (Å²) in [6.45, 7) is 6.65. The molecule has 0 saturated carbocycles. The molecular formula is C18H29NO2. The van der Waals surface area contributed by atoms with E-state index in [4.69, 9.17) is 0 Å². The first-order valence-electron chi connectivity index (χ1n) is 8.08. The molecule has 21 heavy (non-hydrogen) atoms. The Hall–Kier alpha value is -1.35. The third-order valence-electron chi connectivity index (χ3n) is 4.50. The summed E-state index contributed by atoms with van der Waals surface area (Å²) in [5.74, 6) is -0.685. The van der Waals surface area contributed by atoms with E-state index in [1.165, 1.54) is 5.56 Å². The molecule has 0 spiro atoms. The maximum atomic E-state index is 11.6. The van der Waals surface area contributed by atoms with Gasteiger partial charge in [0.2, 0.25) is 0 Å². The van der Waals surface area contributed by atoms with Crippen LogP contribution in [0.5, 0.6) is 0 Å². The molecule has 0 heterocycles. The van der Waals surface area contributed by atoms with E-state index in [1.807, 2.05) is 19.9 Å². The minimum Gasteiger partial charge on any atom is -0.481 e. The third kappa shape index (κ3) is 5.16. The van der Waals surface area contributed by atoms with Crippen molar-refractivity contribution in [1.29, 1.82) is 0 Å². The van der Waals surface area contributed by atoms with Gasteiger partial charge < -0.3 is 10.4 Å². The van der Waals surface area contributed by atoms with Gasteiger partial charge in [-0.15, -0.1) is 0 Å². The van der Waals surface area contributed by atoms with Crippen LogP contribution in [0.3, 0.4) is 0 Å². The van der Waals surface area contributed by atoms with Crippen LogP contribution in [0, 0.1) is 5.41 Å². The highest BCUT2D eigenvalue weighted by atomic mass is 16.4. The first-order chi connectivity index (χ1) is 10.1. The van der Waals surface area contributed by atoms with Crippen LogP contribution in [0.1, 0.15) is 52.0 Å². The summed E-state index contributed by atoms with van der Waals surface area (Å²) in [7, 11) is 0. The molecule has 0 aliphatic carbocycles. The van der Waals surface area contributed by atoms with Crippen molar-refractivity contribution in [2.45, 2.75) is 58.9 Å². The quantitative estimate of drug-likeness (QED) is 0.688. The Balaban J connectivity index is 2.67. The number of rotatable bonds is 10. The van der Waals surface area contributed by atoms with E-state index in [0.717, 1.165) is 19.3 Å². The van der Waals surface area contributed by atoms with Gasteiger partial charge in [0.15, 0.2) is 0 Å². The van der Waals surface area contributed by atoms with Gasteiger partial charge in [0.25, 0.3) is 0 Å². The van der Waals surface area contributed by atoms with Crippen molar-refractivity contribution < 1.29 is 9.90 Å². The fraction of sp³-hybridized carbons (Fsp3) is 0.611. The van der Waals surface area contributed by atoms with Gasteiger partial charge in [-0.25, -0.2) is 0 Å². The zero-order valence-electron chi connectivity index (χ0n) is 13.6. The summed E-state index contributed by atoms with van der Waals surface area (Å²) in [5.41, 5.74) is 0.667. The Morgan fingerprint density at radius 1 is 1.19 bits per heavy atom. The van der Waals surface area contributed by atoms with E-state index in [9.17, 15) is 9.90 Å². The largest absolute Gasteiger partial charge is 0.481 e. The Morgan fingerprint density at radius 2 is 1.81 bits per heavy atom. The number of hydrogen-bond donors (Lipinski definition) is 2.